The van der Waals surface area contributed by atoms with Gasteiger partial charge >= 0.3 is 0 Å². The SMILES string of the molecule is Cc1c(C2CC2(CN)CO)cnn1C. The Morgan fingerprint density at radius 2 is 2.50 bits per heavy atom. The van der Waals surface area contributed by atoms with Crippen molar-refractivity contribution in [2.45, 2.75) is 19.3 Å². The second-order valence-electron chi connectivity index (χ2n) is 4.29. The molecule has 78 valence electrons. The van der Waals surface area contributed by atoms with Gasteiger partial charge in [-0.3, -0.25) is 4.68 Å². The molecule has 0 saturated heterocycles. The van der Waals surface area contributed by atoms with Gasteiger partial charge in [0.15, 0.2) is 0 Å². The van der Waals surface area contributed by atoms with E-state index in [-0.39, 0.29) is 12.0 Å². The average molecular weight is 195 g/mol. The van der Waals surface area contributed by atoms with Gasteiger partial charge in [0.1, 0.15) is 0 Å². The minimum absolute atomic E-state index is 0.0617. The Bertz CT molecular complexity index is 341. The molecule has 0 bridgehead atoms. The molecule has 1 aliphatic rings. The van der Waals surface area contributed by atoms with Crippen molar-refractivity contribution in [3.8, 4) is 0 Å². The minimum Gasteiger partial charge on any atom is -0.396 e. The number of aryl methyl sites for hydroxylation is 1. The van der Waals surface area contributed by atoms with Gasteiger partial charge in [-0.25, -0.2) is 0 Å². The van der Waals surface area contributed by atoms with Gasteiger partial charge in [0, 0.05) is 24.7 Å². The molecule has 0 spiro atoms. The first-order valence-electron chi connectivity index (χ1n) is 4.94. The van der Waals surface area contributed by atoms with Crippen molar-refractivity contribution in [3.05, 3.63) is 17.5 Å². The van der Waals surface area contributed by atoms with E-state index in [2.05, 4.69) is 12.0 Å². The van der Waals surface area contributed by atoms with E-state index in [1.165, 1.54) is 11.3 Å². The molecule has 0 aromatic carbocycles. The first-order valence-corrected chi connectivity index (χ1v) is 4.94. The monoisotopic (exact) mass is 195 g/mol. The Hall–Kier alpha value is -0.870. The normalized spacial score (nSPS) is 30.7. The van der Waals surface area contributed by atoms with Gasteiger partial charge in [0.2, 0.25) is 0 Å². The number of aromatic nitrogens is 2. The van der Waals surface area contributed by atoms with Crippen LogP contribution in [-0.4, -0.2) is 28.0 Å². The average Bonchev–Trinajstić information content (AvgIpc) is 2.84. The predicted octanol–water partition coefficient (Wildman–Crippen LogP) is 0.153. The van der Waals surface area contributed by atoms with Crippen molar-refractivity contribution in [1.82, 2.24) is 9.78 Å². The summed E-state index contributed by atoms with van der Waals surface area (Å²) in [5, 5.41) is 13.5. The van der Waals surface area contributed by atoms with E-state index in [0.717, 1.165) is 6.42 Å². The summed E-state index contributed by atoms with van der Waals surface area (Å²) < 4.78 is 1.87. The van der Waals surface area contributed by atoms with Crippen LogP contribution in [0.3, 0.4) is 0 Å². The molecule has 1 saturated carbocycles. The number of nitrogens with two attached hydrogens (primary N) is 1. The maximum Gasteiger partial charge on any atom is 0.0527 e. The molecule has 1 heterocycles. The second kappa shape index (κ2) is 3.07. The van der Waals surface area contributed by atoms with Gasteiger partial charge in [-0.1, -0.05) is 0 Å². The highest BCUT2D eigenvalue weighted by molar-refractivity contribution is 5.31. The summed E-state index contributed by atoms with van der Waals surface area (Å²) in [5.74, 6) is 0.409. The van der Waals surface area contributed by atoms with Crippen molar-refractivity contribution >= 4 is 0 Å². The zero-order valence-corrected chi connectivity index (χ0v) is 8.70. The lowest BCUT2D eigenvalue weighted by Crippen LogP contribution is -2.21. The third kappa shape index (κ3) is 1.18. The van der Waals surface area contributed by atoms with Crippen LogP contribution in [0.4, 0.5) is 0 Å². The van der Waals surface area contributed by atoms with E-state index < -0.39 is 0 Å². The molecule has 4 nitrogen and oxygen atoms in total. The van der Waals surface area contributed by atoms with E-state index in [1.807, 2.05) is 17.9 Å². The summed E-state index contributed by atoms with van der Waals surface area (Å²) in [7, 11) is 1.93. The molecule has 4 heteroatoms. The van der Waals surface area contributed by atoms with E-state index in [4.69, 9.17) is 5.73 Å². The lowest BCUT2D eigenvalue weighted by atomic mass is 10.0. The van der Waals surface area contributed by atoms with Crippen LogP contribution in [0.2, 0.25) is 0 Å². The van der Waals surface area contributed by atoms with Gasteiger partial charge < -0.3 is 10.8 Å². The lowest BCUT2D eigenvalue weighted by molar-refractivity contribution is 0.211. The Morgan fingerprint density at radius 1 is 1.79 bits per heavy atom. The zero-order chi connectivity index (χ0) is 10.3. The first kappa shape index (κ1) is 9.68. The standard InChI is InChI=1S/C10H17N3O/c1-7-8(4-12-13(7)2)9-3-10(9,5-11)6-14/h4,9,14H,3,5-6,11H2,1-2H3. The van der Waals surface area contributed by atoms with Gasteiger partial charge in [-0.05, 0) is 24.8 Å². The summed E-state index contributed by atoms with van der Waals surface area (Å²) >= 11 is 0. The van der Waals surface area contributed by atoms with Crippen molar-refractivity contribution < 1.29 is 5.11 Å². The van der Waals surface area contributed by atoms with Gasteiger partial charge in [0.25, 0.3) is 0 Å². The van der Waals surface area contributed by atoms with Crippen LogP contribution in [0, 0.1) is 12.3 Å². The molecule has 1 aromatic heterocycles. The third-order valence-electron chi connectivity index (χ3n) is 3.56. The molecule has 1 aliphatic carbocycles. The second-order valence-corrected chi connectivity index (χ2v) is 4.29. The molecule has 2 unspecified atom stereocenters. The number of aliphatic hydroxyl groups is 1. The third-order valence-corrected chi connectivity index (χ3v) is 3.56. The molecule has 14 heavy (non-hydrogen) atoms. The quantitative estimate of drug-likeness (QED) is 0.721. The van der Waals surface area contributed by atoms with Crippen LogP contribution in [0.5, 0.6) is 0 Å². The maximum absolute atomic E-state index is 9.28. The van der Waals surface area contributed by atoms with Crippen LogP contribution in [0.25, 0.3) is 0 Å². The van der Waals surface area contributed by atoms with Crippen molar-refractivity contribution in [2.75, 3.05) is 13.2 Å². The molecule has 1 aromatic rings. The lowest BCUT2D eigenvalue weighted by Gasteiger charge is -2.10. The fourth-order valence-electron chi connectivity index (χ4n) is 2.11. The molecular weight excluding hydrogens is 178 g/mol. The zero-order valence-electron chi connectivity index (χ0n) is 8.70. The van der Waals surface area contributed by atoms with E-state index >= 15 is 0 Å². The minimum atomic E-state index is -0.0617. The van der Waals surface area contributed by atoms with Gasteiger partial charge in [0.05, 0.1) is 12.8 Å². The van der Waals surface area contributed by atoms with E-state index in [1.54, 1.807) is 0 Å². The van der Waals surface area contributed by atoms with Crippen LogP contribution >= 0.6 is 0 Å². The Morgan fingerprint density at radius 3 is 2.86 bits per heavy atom. The van der Waals surface area contributed by atoms with Crippen molar-refractivity contribution in [1.29, 1.82) is 0 Å². The smallest absolute Gasteiger partial charge is 0.0527 e. The number of hydrogen-bond acceptors (Lipinski definition) is 3. The number of aliphatic hydroxyl groups excluding tert-OH is 1. The molecular formula is C10H17N3O. The van der Waals surface area contributed by atoms with Gasteiger partial charge in [-0.2, -0.15) is 5.10 Å². The molecule has 2 rings (SSSR count). The van der Waals surface area contributed by atoms with Crippen molar-refractivity contribution in [2.24, 2.45) is 18.2 Å². The summed E-state index contributed by atoms with van der Waals surface area (Å²) in [6.45, 7) is 2.80. The largest absolute Gasteiger partial charge is 0.396 e. The number of rotatable bonds is 3. The summed E-state index contributed by atoms with van der Waals surface area (Å²) in [5.41, 5.74) is 8.04. The predicted molar refractivity (Wildman–Crippen MR) is 53.9 cm³/mol. The van der Waals surface area contributed by atoms with E-state index in [0.29, 0.717) is 12.5 Å². The topological polar surface area (TPSA) is 64.1 Å². The molecule has 0 aliphatic heterocycles. The fourth-order valence-corrected chi connectivity index (χ4v) is 2.11. The van der Waals surface area contributed by atoms with Crippen LogP contribution in [-0.2, 0) is 7.05 Å². The summed E-state index contributed by atoms with van der Waals surface area (Å²) in [6, 6.07) is 0. The molecule has 0 radical (unpaired) electrons. The van der Waals surface area contributed by atoms with Crippen molar-refractivity contribution in [3.63, 3.8) is 0 Å². The van der Waals surface area contributed by atoms with Gasteiger partial charge in [-0.15, -0.1) is 0 Å². The Kier molecular flexibility index (Phi) is 2.12. The highest BCUT2D eigenvalue weighted by atomic mass is 16.3. The van der Waals surface area contributed by atoms with Crippen LogP contribution < -0.4 is 5.73 Å². The Balaban J connectivity index is 2.24. The van der Waals surface area contributed by atoms with E-state index in [9.17, 15) is 5.11 Å². The summed E-state index contributed by atoms with van der Waals surface area (Å²) in [6.07, 6.45) is 2.89. The fraction of sp³-hybridized carbons (Fsp3) is 0.700. The first-order chi connectivity index (χ1) is 6.64. The number of hydrogen-bond donors (Lipinski definition) is 2. The maximum atomic E-state index is 9.28. The summed E-state index contributed by atoms with van der Waals surface area (Å²) in [4.78, 5) is 0. The highest BCUT2D eigenvalue weighted by Gasteiger charge is 2.54. The molecule has 0 amide bonds. The molecule has 3 N–H and O–H groups in total. The molecule has 2 atom stereocenters. The number of nitrogens with zero attached hydrogens (tertiary/aromatic N) is 2. The Labute approximate surface area is 83.7 Å². The molecule has 1 fully saturated rings. The highest BCUT2D eigenvalue weighted by Crippen LogP contribution is 2.58. The van der Waals surface area contributed by atoms with Crippen LogP contribution in [0.15, 0.2) is 6.20 Å². The van der Waals surface area contributed by atoms with Crippen LogP contribution in [0.1, 0.15) is 23.6 Å².